The van der Waals surface area contributed by atoms with Crippen molar-refractivity contribution in [3.05, 3.63) is 42.0 Å². The van der Waals surface area contributed by atoms with Crippen molar-refractivity contribution >= 4 is 17.4 Å². The first-order valence-corrected chi connectivity index (χ1v) is 5.74. The third kappa shape index (κ3) is 1.97. The zero-order valence-corrected chi connectivity index (χ0v) is 10.2. The van der Waals surface area contributed by atoms with E-state index >= 15 is 0 Å². The Kier molecular flexibility index (Phi) is 2.56. The molecule has 6 nitrogen and oxygen atoms in total. The van der Waals surface area contributed by atoms with Crippen molar-refractivity contribution in [2.24, 2.45) is 7.05 Å². The number of imidazole rings is 1. The molecule has 96 valence electrons. The molecular formula is C13H11N3O3. The van der Waals surface area contributed by atoms with Gasteiger partial charge in [0.05, 0.1) is 5.69 Å². The summed E-state index contributed by atoms with van der Waals surface area (Å²) in [6.07, 6.45) is 3.27. The molecule has 0 spiro atoms. The summed E-state index contributed by atoms with van der Waals surface area (Å²) in [6.45, 7) is -0.000338. The summed E-state index contributed by atoms with van der Waals surface area (Å²) in [7, 11) is 1.75. The maximum atomic E-state index is 12.3. The third-order valence-electron chi connectivity index (χ3n) is 2.90. The maximum absolute atomic E-state index is 12.3. The molecule has 0 radical (unpaired) electrons. The number of ketones is 1. The second-order valence-electron chi connectivity index (χ2n) is 4.24. The van der Waals surface area contributed by atoms with Gasteiger partial charge in [0.15, 0.2) is 12.4 Å². The molecule has 0 fully saturated rings. The van der Waals surface area contributed by atoms with Crippen molar-refractivity contribution in [3.63, 3.8) is 0 Å². The van der Waals surface area contributed by atoms with Crippen LogP contribution in [0.5, 0.6) is 5.75 Å². The molecule has 0 bridgehead atoms. The molecule has 19 heavy (non-hydrogen) atoms. The maximum Gasteiger partial charge on any atom is 0.262 e. The minimum Gasteiger partial charge on any atom is -0.482 e. The summed E-state index contributed by atoms with van der Waals surface area (Å²) >= 11 is 0. The van der Waals surface area contributed by atoms with Gasteiger partial charge in [-0.2, -0.15) is 0 Å². The fourth-order valence-corrected chi connectivity index (χ4v) is 1.94. The number of fused-ring (bicyclic) bond motifs is 1. The first-order chi connectivity index (χ1) is 9.15. The number of nitrogens with one attached hydrogen (secondary N) is 1. The van der Waals surface area contributed by atoms with Gasteiger partial charge in [0.2, 0.25) is 5.78 Å². The van der Waals surface area contributed by atoms with Crippen molar-refractivity contribution in [1.29, 1.82) is 0 Å². The van der Waals surface area contributed by atoms with Gasteiger partial charge in [0, 0.05) is 25.0 Å². The van der Waals surface area contributed by atoms with Gasteiger partial charge in [-0.3, -0.25) is 9.59 Å². The van der Waals surface area contributed by atoms with E-state index < -0.39 is 0 Å². The lowest BCUT2D eigenvalue weighted by atomic mass is 10.1. The van der Waals surface area contributed by atoms with Gasteiger partial charge in [0.1, 0.15) is 5.75 Å². The predicted molar refractivity (Wildman–Crippen MR) is 67.2 cm³/mol. The van der Waals surface area contributed by atoms with Crippen LogP contribution in [0, 0.1) is 0 Å². The van der Waals surface area contributed by atoms with Gasteiger partial charge < -0.3 is 14.6 Å². The van der Waals surface area contributed by atoms with Gasteiger partial charge in [-0.1, -0.05) is 0 Å². The van der Waals surface area contributed by atoms with Crippen LogP contribution >= 0.6 is 0 Å². The Bertz CT molecular complexity index is 676. The molecule has 0 atom stereocenters. The molecule has 2 aromatic rings. The number of aromatic nitrogens is 2. The molecule has 1 aliphatic rings. The van der Waals surface area contributed by atoms with Crippen LogP contribution in [0.15, 0.2) is 30.6 Å². The average Bonchev–Trinajstić information content (AvgIpc) is 2.83. The summed E-state index contributed by atoms with van der Waals surface area (Å²) < 4.78 is 6.89. The second-order valence-corrected chi connectivity index (χ2v) is 4.24. The molecule has 1 aliphatic heterocycles. The van der Waals surface area contributed by atoms with Crippen LogP contribution in [-0.2, 0) is 11.8 Å². The number of hydrogen-bond acceptors (Lipinski definition) is 4. The number of amides is 1. The minimum atomic E-state index is -0.228. The number of carbonyl (C=O) groups excluding carboxylic acids is 2. The summed E-state index contributed by atoms with van der Waals surface area (Å²) in [5, 5.41) is 2.67. The highest BCUT2D eigenvalue weighted by atomic mass is 16.5. The number of aryl methyl sites for hydroxylation is 1. The number of carbonyl (C=O) groups is 2. The van der Waals surface area contributed by atoms with Gasteiger partial charge in [-0.05, 0) is 18.2 Å². The number of hydrogen-bond donors (Lipinski definition) is 1. The molecule has 3 rings (SSSR count). The monoisotopic (exact) mass is 257 g/mol. The summed E-state index contributed by atoms with van der Waals surface area (Å²) in [5.41, 5.74) is 0.968. The van der Waals surface area contributed by atoms with Crippen LogP contribution in [0.3, 0.4) is 0 Å². The number of rotatable bonds is 2. The Morgan fingerprint density at radius 2 is 2.32 bits per heavy atom. The lowest BCUT2D eigenvalue weighted by Gasteiger charge is -2.18. The Balaban J connectivity index is 1.98. The van der Waals surface area contributed by atoms with E-state index in [0.29, 0.717) is 22.8 Å². The van der Waals surface area contributed by atoms with Crippen LogP contribution in [0.1, 0.15) is 16.2 Å². The fraction of sp³-hybridized carbons (Fsp3) is 0.154. The normalized spacial score (nSPS) is 13.4. The third-order valence-corrected chi connectivity index (χ3v) is 2.90. The lowest BCUT2D eigenvalue weighted by molar-refractivity contribution is -0.118. The highest BCUT2D eigenvalue weighted by molar-refractivity contribution is 6.08. The lowest BCUT2D eigenvalue weighted by Crippen LogP contribution is -2.25. The van der Waals surface area contributed by atoms with Crippen molar-refractivity contribution in [2.45, 2.75) is 0 Å². The smallest absolute Gasteiger partial charge is 0.262 e. The summed E-state index contributed by atoms with van der Waals surface area (Å²) in [6, 6.07) is 4.93. The van der Waals surface area contributed by atoms with E-state index in [-0.39, 0.29) is 18.3 Å². The number of nitrogens with zero attached hydrogens (tertiary/aromatic N) is 2. The van der Waals surface area contributed by atoms with Crippen LogP contribution < -0.4 is 10.1 Å². The molecule has 0 saturated heterocycles. The highest BCUT2D eigenvalue weighted by Gasteiger charge is 2.19. The van der Waals surface area contributed by atoms with Crippen molar-refractivity contribution < 1.29 is 14.3 Å². The number of benzene rings is 1. The van der Waals surface area contributed by atoms with Crippen molar-refractivity contribution in [3.8, 4) is 5.75 Å². The average molecular weight is 257 g/mol. The molecule has 0 saturated carbocycles. The predicted octanol–water partition coefficient (Wildman–Crippen LogP) is 0.982. The summed E-state index contributed by atoms with van der Waals surface area (Å²) in [4.78, 5) is 27.5. The van der Waals surface area contributed by atoms with Gasteiger partial charge >= 0.3 is 0 Å². The number of anilines is 1. The molecule has 0 unspecified atom stereocenters. The number of ether oxygens (including phenoxy) is 1. The summed E-state index contributed by atoms with van der Waals surface area (Å²) in [5.74, 6) is 0.489. The van der Waals surface area contributed by atoms with E-state index in [9.17, 15) is 9.59 Å². The highest BCUT2D eigenvalue weighted by Crippen LogP contribution is 2.29. The van der Waals surface area contributed by atoms with E-state index in [0.717, 1.165) is 0 Å². The SMILES string of the molecule is Cn1ccnc1C(=O)c1ccc2c(c1)NC(=O)CO2. The topological polar surface area (TPSA) is 73.2 Å². The van der Waals surface area contributed by atoms with E-state index in [2.05, 4.69) is 10.3 Å². The van der Waals surface area contributed by atoms with Crippen molar-refractivity contribution in [2.75, 3.05) is 11.9 Å². The largest absolute Gasteiger partial charge is 0.482 e. The zero-order chi connectivity index (χ0) is 13.4. The Morgan fingerprint density at radius 3 is 3.05 bits per heavy atom. The van der Waals surface area contributed by atoms with E-state index in [1.54, 1.807) is 42.2 Å². The standard InChI is InChI=1S/C13H11N3O3/c1-16-5-4-14-13(16)12(18)8-2-3-10-9(6-8)15-11(17)7-19-10/h2-6H,7H2,1H3,(H,15,17). The molecule has 2 heterocycles. The van der Waals surface area contributed by atoms with Gasteiger partial charge in [0.25, 0.3) is 5.91 Å². The van der Waals surface area contributed by atoms with Gasteiger partial charge in [-0.25, -0.2) is 4.98 Å². The van der Waals surface area contributed by atoms with E-state index in [1.807, 2.05) is 0 Å². The zero-order valence-electron chi connectivity index (χ0n) is 10.2. The van der Waals surface area contributed by atoms with Crippen LogP contribution in [0.25, 0.3) is 0 Å². The molecule has 1 N–H and O–H groups in total. The second kappa shape index (κ2) is 4.24. The Hall–Kier alpha value is -2.63. The quantitative estimate of drug-likeness (QED) is 0.814. The van der Waals surface area contributed by atoms with Crippen LogP contribution in [0.4, 0.5) is 5.69 Å². The first-order valence-electron chi connectivity index (χ1n) is 5.74. The molecule has 1 aromatic carbocycles. The molecule has 6 heteroatoms. The van der Waals surface area contributed by atoms with E-state index in [1.165, 1.54) is 0 Å². The van der Waals surface area contributed by atoms with Crippen LogP contribution in [-0.4, -0.2) is 27.8 Å². The van der Waals surface area contributed by atoms with Crippen molar-refractivity contribution in [1.82, 2.24) is 9.55 Å². The minimum absolute atomic E-state index is 0.000338. The molecular weight excluding hydrogens is 246 g/mol. The molecule has 1 amide bonds. The van der Waals surface area contributed by atoms with Crippen LogP contribution in [0.2, 0.25) is 0 Å². The molecule has 0 aliphatic carbocycles. The van der Waals surface area contributed by atoms with E-state index in [4.69, 9.17) is 4.74 Å². The first kappa shape index (κ1) is 11.5. The molecule has 1 aromatic heterocycles. The Morgan fingerprint density at radius 1 is 1.47 bits per heavy atom. The Labute approximate surface area is 109 Å². The van der Waals surface area contributed by atoms with Gasteiger partial charge in [-0.15, -0.1) is 0 Å². The fourth-order valence-electron chi connectivity index (χ4n) is 1.94.